The zero-order chi connectivity index (χ0) is 12.9. The van der Waals surface area contributed by atoms with E-state index in [2.05, 4.69) is 4.98 Å². The van der Waals surface area contributed by atoms with Crippen molar-refractivity contribution in [3.63, 3.8) is 0 Å². The van der Waals surface area contributed by atoms with Gasteiger partial charge in [-0.25, -0.2) is 4.98 Å². The van der Waals surface area contributed by atoms with Gasteiger partial charge in [-0.2, -0.15) is 0 Å². The summed E-state index contributed by atoms with van der Waals surface area (Å²) in [6.45, 7) is 1.92. The molecule has 0 amide bonds. The second kappa shape index (κ2) is 4.05. The van der Waals surface area contributed by atoms with Crippen molar-refractivity contribution >= 4 is 11.6 Å². The van der Waals surface area contributed by atoms with Crippen LogP contribution < -0.4 is 11.5 Å². The summed E-state index contributed by atoms with van der Waals surface area (Å²) in [4.78, 5) is 16.7. The number of nitrogen functional groups attached to an aromatic ring is 1. The highest BCUT2D eigenvalue weighted by Gasteiger charge is 2.49. The number of fused-ring (bicyclic) bond motifs is 2. The summed E-state index contributed by atoms with van der Waals surface area (Å²) in [5.41, 5.74) is 13.6. The van der Waals surface area contributed by atoms with Crippen molar-refractivity contribution in [2.75, 3.05) is 5.73 Å². The molecule has 2 fully saturated rings. The Kier molecular flexibility index (Phi) is 2.63. The summed E-state index contributed by atoms with van der Waals surface area (Å²) >= 11 is 0. The highest BCUT2D eigenvalue weighted by Crippen LogP contribution is 2.48. The summed E-state index contributed by atoms with van der Waals surface area (Å²) in [7, 11) is 0. The lowest BCUT2D eigenvalue weighted by atomic mass is 9.80. The van der Waals surface area contributed by atoms with Crippen LogP contribution in [0, 0.1) is 24.7 Å². The number of ketones is 1. The molecular formula is C14H19N3O. The molecule has 4 N–H and O–H groups in total. The van der Waals surface area contributed by atoms with Crippen LogP contribution in [0.4, 0.5) is 5.82 Å². The molecule has 0 spiro atoms. The van der Waals surface area contributed by atoms with Crippen molar-refractivity contribution in [2.24, 2.45) is 23.5 Å². The van der Waals surface area contributed by atoms with Gasteiger partial charge in [-0.15, -0.1) is 0 Å². The molecule has 3 rings (SSSR count). The topological polar surface area (TPSA) is 82.0 Å². The average molecular weight is 245 g/mol. The Morgan fingerprint density at radius 2 is 2.11 bits per heavy atom. The summed E-state index contributed by atoms with van der Waals surface area (Å²) in [5, 5.41) is 0. The van der Waals surface area contributed by atoms with Gasteiger partial charge in [0.25, 0.3) is 0 Å². The molecule has 4 atom stereocenters. The van der Waals surface area contributed by atoms with Crippen LogP contribution in [-0.4, -0.2) is 16.8 Å². The molecule has 4 heteroatoms. The van der Waals surface area contributed by atoms with Crippen molar-refractivity contribution in [3.8, 4) is 0 Å². The Morgan fingerprint density at radius 1 is 1.39 bits per heavy atom. The molecule has 2 aliphatic rings. The Labute approximate surface area is 107 Å². The van der Waals surface area contributed by atoms with Crippen molar-refractivity contribution in [1.82, 2.24) is 4.98 Å². The fraction of sp³-hybridized carbons (Fsp3) is 0.571. The van der Waals surface area contributed by atoms with Crippen LogP contribution in [0.3, 0.4) is 0 Å². The predicted octanol–water partition coefficient (Wildman–Crippen LogP) is 1.53. The number of carbonyl (C=O) groups is 1. The van der Waals surface area contributed by atoms with E-state index >= 15 is 0 Å². The van der Waals surface area contributed by atoms with E-state index in [1.54, 1.807) is 6.20 Å². The van der Waals surface area contributed by atoms with E-state index in [0.717, 1.165) is 18.4 Å². The number of hydrogen-bond donors (Lipinski definition) is 2. The third-order valence-electron chi connectivity index (χ3n) is 4.60. The maximum absolute atomic E-state index is 12.6. The Hall–Kier alpha value is -1.42. The molecule has 0 aromatic carbocycles. The first-order valence-corrected chi connectivity index (χ1v) is 6.60. The van der Waals surface area contributed by atoms with Crippen molar-refractivity contribution < 1.29 is 4.79 Å². The van der Waals surface area contributed by atoms with Gasteiger partial charge in [0.2, 0.25) is 0 Å². The van der Waals surface area contributed by atoms with Crippen molar-refractivity contribution in [3.05, 3.63) is 23.4 Å². The smallest absolute Gasteiger partial charge is 0.171 e. The highest BCUT2D eigenvalue weighted by molar-refractivity contribution is 6.02. The highest BCUT2D eigenvalue weighted by atomic mass is 16.1. The quantitative estimate of drug-likeness (QED) is 0.774. The van der Waals surface area contributed by atoms with E-state index in [1.807, 2.05) is 13.0 Å². The number of pyridine rings is 1. The number of hydrogen-bond acceptors (Lipinski definition) is 4. The van der Waals surface area contributed by atoms with E-state index in [9.17, 15) is 4.79 Å². The summed E-state index contributed by atoms with van der Waals surface area (Å²) < 4.78 is 0. The minimum Gasteiger partial charge on any atom is -0.383 e. The average Bonchev–Trinajstić information content (AvgIpc) is 2.92. The fourth-order valence-electron chi connectivity index (χ4n) is 3.68. The predicted molar refractivity (Wildman–Crippen MR) is 70.0 cm³/mol. The van der Waals surface area contributed by atoms with Gasteiger partial charge in [0.1, 0.15) is 5.82 Å². The second-order valence-electron chi connectivity index (χ2n) is 5.75. The number of aromatic nitrogens is 1. The summed E-state index contributed by atoms with van der Waals surface area (Å²) in [6, 6.07) is 1.85. The number of aryl methyl sites for hydroxylation is 1. The van der Waals surface area contributed by atoms with Crippen LogP contribution in [0.5, 0.6) is 0 Å². The first-order chi connectivity index (χ1) is 8.58. The van der Waals surface area contributed by atoms with Gasteiger partial charge < -0.3 is 11.5 Å². The lowest BCUT2D eigenvalue weighted by molar-refractivity contribution is 0.0857. The maximum atomic E-state index is 12.6. The lowest BCUT2D eigenvalue weighted by Crippen LogP contribution is -2.40. The van der Waals surface area contributed by atoms with Crippen LogP contribution in [0.1, 0.15) is 35.2 Å². The number of nitrogens with two attached hydrogens (primary N) is 2. The molecule has 2 aliphatic carbocycles. The van der Waals surface area contributed by atoms with E-state index in [1.165, 1.54) is 6.42 Å². The zero-order valence-electron chi connectivity index (χ0n) is 10.6. The molecule has 96 valence electrons. The first-order valence-electron chi connectivity index (χ1n) is 6.60. The molecule has 18 heavy (non-hydrogen) atoms. The maximum Gasteiger partial charge on any atom is 0.171 e. The van der Waals surface area contributed by atoms with Crippen molar-refractivity contribution in [2.45, 2.75) is 32.2 Å². The normalized spacial score (nSPS) is 33.9. The van der Waals surface area contributed by atoms with E-state index < -0.39 is 0 Å². The number of anilines is 1. The SMILES string of the molecule is Cc1cnc(N)c(C(=O)C2C3CCC(C3)C2N)c1. The number of carbonyl (C=O) groups excluding carboxylic acids is 1. The zero-order valence-corrected chi connectivity index (χ0v) is 10.6. The molecule has 0 aliphatic heterocycles. The molecular weight excluding hydrogens is 226 g/mol. The van der Waals surface area contributed by atoms with Crippen LogP contribution in [-0.2, 0) is 0 Å². The Bertz CT molecular complexity index is 498. The summed E-state index contributed by atoms with van der Waals surface area (Å²) in [5.74, 6) is 1.37. The second-order valence-corrected chi connectivity index (χ2v) is 5.75. The molecule has 1 heterocycles. The van der Waals surface area contributed by atoms with E-state index in [0.29, 0.717) is 23.2 Å². The van der Waals surface area contributed by atoms with Gasteiger partial charge in [0.15, 0.2) is 5.78 Å². The largest absolute Gasteiger partial charge is 0.383 e. The number of Topliss-reactive ketones (excluding diaryl/α,β-unsaturated/α-hetero) is 1. The van der Waals surface area contributed by atoms with Gasteiger partial charge in [-0.05, 0) is 49.7 Å². The standard InChI is InChI=1S/C14H19N3O/c1-7-4-10(14(16)17-6-7)13(18)11-8-2-3-9(5-8)12(11)15/h4,6,8-9,11-12H,2-3,5,15H2,1H3,(H2,16,17). The van der Waals surface area contributed by atoms with E-state index in [-0.39, 0.29) is 17.7 Å². The van der Waals surface area contributed by atoms with Gasteiger partial charge in [-0.1, -0.05) is 0 Å². The third kappa shape index (κ3) is 1.63. The first kappa shape index (κ1) is 11.7. The lowest BCUT2D eigenvalue weighted by Gasteiger charge is -2.27. The molecule has 1 aromatic heterocycles. The summed E-state index contributed by atoms with van der Waals surface area (Å²) in [6.07, 6.45) is 5.11. The molecule has 1 aromatic rings. The van der Waals surface area contributed by atoms with Crippen molar-refractivity contribution in [1.29, 1.82) is 0 Å². The minimum absolute atomic E-state index is 0.0103. The fourth-order valence-corrected chi connectivity index (χ4v) is 3.68. The Balaban J connectivity index is 1.93. The number of rotatable bonds is 2. The van der Waals surface area contributed by atoms with E-state index in [4.69, 9.17) is 11.5 Å². The van der Waals surface area contributed by atoms with Gasteiger partial charge in [-0.3, -0.25) is 4.79 Å². The van der Waals surface area contributed by atoms with Crippen LogP contribution in [0.25, 0.3) is 0 Å². The minimum atomic E-state index is -0.0466. The van der Waals surface area contributed by atoms with Crippen LogP contribution >= 0.6 is 0 Å². The van der Waals surface area contributed by atoms with Crippen LogP contribution in [0.2, 0.25) is 0 Å². The molecule has 0 saturated heterocycles. The molecule has 2 saturated carbocycles. The van der Waals surface area contributed by atoms with Gasteiger partial charge in [0, 0.05) is 18.2 Å². The number of nitrogens with zero attached hydrogens (tertiary/aromatic N) is 1. The molecule has 4 unspecified atom stereocenters. The van der Waals surface area contributed by atoms with Gasteiger partial charge >= 0.3 is 0 Å². The molecule has 4 nitrogen and oxygen atoms in total. The van der Waals surface area contributed by atoms with Gasteiger partial charge in [0.05, 0.1) is 5.56 Å². The molecule has 0 radical (unpaired) electrons. The molecule has 2 bridgehead atoms. The third-order valence-corrected chi connectivity index (χ3v) is 4.60. The van der Waals surface area contributed by atoms with Crippen LogP contribution in [0.15, 0.2) is 12.3 Å². The monoisotopic (exact) mass is 245 g/mol. The Morgan fingerprint density at radius 3 is 2.78 bits per heavy atom.